The number of carbonyl (C=O) groups excluding carboxylic acids is 2. The normalized spacial score (nSPS) is 12.1. The fourth-order valence-electron chi connectivity index (χ4n) is 1.21. The fraction of sp³-hybridized carbons (Fsp3) is 0.444. The molecule has 1 aromatic heterocycles. The predicted octanol–water partition coefficient (Wildman–Crippen LogP) is -1.39. The fourth-order valence-corrected chi connectivity index (χ4v) is 1.21. The maximum Gasteiger partial charge on any atom is 0.234 e. The van der Waals surface area contributed by atoms with Gasteiger partial charge in [0.1, 0.15) is 6.29 Å². The second-order valence-corrected chi connectivity index (χ2v) is 3.21. The van der Waals surface area contributed by atoms with E-state index in [9.17, 15) is 9.59 Å². The highest BCUT2D eigenvalue weighted by atomic mass is 16.2. The summed E-state index contributed by atoms with van der Waals surface area (Å²) in [6.45, 7) is -0.115. The van der Waals surface area contributed by atoms with Gasteiger partial charge in [0.15, 0.2) is 0 Å². The number of nitrogens with two attached hydrogens (primary N) is 1. The number of hydrogen-bond acceptors (Lipinski definition) is 4. The first-order chi connectivity index (χ1) is 7.17. The lowest BCUT2D eigenvalue weighted by atomic mass is 10.2. The summed E-state index contributed by atoms with van der Waals surface area (Å²) in [5.41, 5.74) is 6.01. The van der Waals surface area contributed by atoms with Crippen LogP contribution in [0.1, 0.15) is 5.69 Å². The Hall–Kier alpha value is -1.69. The van der Waals surface area contributed by atoms with Crippen molar-refractivity contribution in [3.05, 3.63) is 18.2 Å². The number of aromatic nitrogens is 2. The maximum atomic E-state index is 11.0. The first-order valence-corrected chi connectivity index (χ1v) is 4.57. The van der Waals surface area contributed by atoms with Crippen LogP contribution >= 0.6 is 0 Å². The summed E-state index contributed by atoms with van der Waals surface area (Å²) in [5.74, 6) is -0.339. The Morgan fingerprint density at radius 3 is 3.00 bits per heavy atom. The number of hydrogen-bond donors (Lipinski definition) is 2. The van der Waals surface area contributed by atoms with Crippen molar-refractivity contribution in [3.63, 3.8) is 0 Å². The molecule has 0 radical (unpaired) electrons. The van der Waals surface area contributed by atoms with E-state index in [1.54, 1.807) is 17.1 Å². The summed E-state index contributed by atoms with van der Waals surface area (Å²) in [6.07, 6.45) is 4.42. The van der Waals surface area contributed by atoms with Gasteiger partial charge in [0.25, 0.3) is 0 Å². The zero-order valence-electron chi connectivity index (χ0n) is 8.51. The van der Waals surface area contributed by atoms with E-state index in [4.69, 9.17) is 5.73 Å². The summed E-state index contributed by atoms with van der Waals surface area (Å²) in [6, 6.07) is -0.545. The topological polar surface area (TPSA) is 90.0 Å². The van der Waals surface area contributed by atoms with E-state index in [1.807, 2.05) is 7.05 Å². The van der Waals surface area contributed by atoms with Crippen LogP contribution in [0.25, 0.3) is 0 Å². The molecule has 0 aliphatic carbocycles. The number of carbonyl (C=O) groups is 2. The van der Waals surface area contributed by atoms with Gasteiger partial charge in [-0.1, -0.05) is 0 Å². The van der Waals surface area contributed by atoms with Crippen molar-refractivity contribution in [2.24, 2.45) is 12.8 Å². The van der Waals surface area contributed by atoms with Gasteiger partial charge in [-0.25, -0.2) is 4.98 Å². The lowest BCUT2D eigenvalue weighted by Crippen LogP contribution is -2.41. The molecule has 1 atom stereocenters. The molecule has 0 fully saturated rings. The molecule has 1 amide bonds. The Morgan fingerprint density at radius 2 is 2.53 bits per heavy atom. The molecular formula is C9H14N4O2. The number of nitrogens with zero attached hydrogens (tertiary/aromatic N) is 2. The smallest absolute Gasteiger partial charge is 0.234 e. The molecule has 0 aromatic carbocycles. The van der Waals surface area contributed by atoms with E-state index in [2.05, 4.69) is 10.3 Å². The van der Waals surface area contributed by atoms with Crippen LogP contribution in [-0.4, -0.2) is 34.3 Å². The highest BCUT2D eigenvalue weighted by Crippen LogP contribution is 2.00. The summed E-state index contributed by atoms with van der Waals surface area (Å²) in [5, 5.41) is 2.51. The molecule has 0 aliphatic heterocycles. The molecule has 0 saturated heterocycles. The summed E-state index contributed by atoms with van der Waals surface area (Å²) >= 11 is 0. The Balaban J connectivity index is 2.58. The first kappa shape index (κ1) is 11.4. The molecule has 1 aromatic rings. The van der Waals surface area contributed by atoms with Gasteiger partial charge in [0.05, 0.1) is 18.9 Å². The molecule has 1 rings (SSSR count). The molecule has 15 heavy (non-hydrogen) atoms. The SMILES string of the molecule is Cn1cncc1C[C@@H](C=O)NC(=O)CN. The maximum absolute atomic E-state index is 11.0. The minimum atomic E-state index is -0.545. The van der Waals surface area contributed by atoms with Crippen LogP contribution in [0.3, 0.4) is 0 Å². The summed E-state index contributed by atoms with van der Waals surface area (Å²) < 4.78 is 1.80. The van der Waals surface area contributed by atoms with Crippen molar-refractivity contribution < 1.29 is 9.59 Å². The molecule has 6 heteroatoms. The van der Waals surface area contributed by atoms with Gasteiger partial charge < -0.3 is 20.4 Å². The van der Waals surface area contributed by atoms with E-state index in [-0.39, 0.29) is 12.5 Å². The van der Waals surface area contributed by atoms with Crippen LogP contribution in [0.5, 0.6) is 0 Å². The average Bonchev–Trinajstić information content (AvgIpc) is 2.63. The predicted molar refractivity (Wildman–Crippen MR) is 54.0 cm³/mol. The van der Waals surface area contributed by atoms with Crippen molar-refractivity contribution in [1.29, 1.82) is 0 Å². The van der Waals surface area contributed by atoms with Gasteiger partial charge in [-0.15, -0.1) is 0 Å². The lowest BCUT2D eigenvalue weighted by molar-refractivity contribution is -0.122. The second-order valence-electron chi connectivity index (χ2n) is 3.21. The van der Waals surface area contributed by atoms with Crippen molar-refractivity contribution in [2.75, 3.05) is 6.54 Å². The minimum Gasteiger partial charge on any atom is -0.345 e. The third-order valence-corrected chi connectivity index (χ3v) is 2.04. The second kappa shape index (κ2) is 5.26. The quantitative estimate of drug-likeness (QED) is 0.585. The monoisotopic (exact) mass is 210 g/mol. The van der Waals surface area contributed by atoms with Crippen molar-refractivity contribution in [2.45, 2.75) is 12.5 Å². The standard InChI is InChI=1S/C9H14N4O2/c1-13-6-11-4-8(13)2-7(5-14)12-9(15)3-10/h4-7H,2-3,10H2,1H3,(H,12,15)/t7-/m0/s1. The first-order valence-electron chi connectivity index (χ1n) is 4.57. The minimum absolute atomic E-state index is 0.115. The number of imidazole rings is 1. The molecule has 82 valence electrons. The molecule has 0 unspecified atom stereocenters. The van der Waals surface area contributed by atoms with E-state index >= 15 is 0 Å². The molecule has 0 spiro atoms. The molecule has 0 bridgehead atoms. The molecule has 0 saturated carbocycles. The molecule has 0 aliphatic rings. The zero-order chi connectivity index (χ0) is 11.3. The van der Waals surface area contributed by atoms with Gasteiger partial charge >= 0.3 is 0 Å². The highest BCUT2D eigenvalue weighted by Gasteiger charge is 2.12. The third-order valence-electron chi connectivity index (χ3n) is 2.04. The van der Waals surface area contributed by atoms with E-state index in [1.165, 1.54) is 0 Å². The van der Waals surface area contributed by atoms with Crippen molar-refractivity contribution in [3.8, 4) is 0 Å². The Bertz CT molecular complexity index is 348. The largest absolute Gasteiger partial charge is 0.345 e. The van der Waals surface area contributed by atoms with Crippen LogP contribution in [0, 0.1) is 0 Å². The lowest BCUT2D eigenvalue weighted by Gasteiger charge is -2.11. The van der Waals surface area contributed by atoms with Crippen LogP contribution in [0.4, 0.5) is 0 Å². The highest BCUT2D eigenvalue weighted by molar-refractivity contribution is 5.81. The van der Waals surface area contributed by atoms with E-state index in [0.717, 1.165) is 5.69 Å². The summed E-state index contributed by atoms with van der Waals surface area (Å²) in [4.78, 5) is 25.6. The number of nitrogens with one attached hydrogen (secondary N) is 1. The number of rotatable bonds is 5. The van der Waals surface area contributed by atoms with Crippen molar-refractivity contribution >= 4 is 12.2 Å². The summed E-state index contributed by atoms with van der Waals surface area (Å²) in [7, 11) is 1.83. The number of amides is 1. The number of aldehydes is 1. The van der Waals surface area contributed by atoms with Gasteiger partial charge in [-0.2, -0.15) is 0 Å². The van der Waals surface area contributed by atoms with Gasteiger partial charge in [-0.05, 0) is 0 Å². The van der Waals surface area contributed by atoms with Crippen LogP contribution in [0.2, 0.25) is 0 Å². The molecule has 3 N–H and O–H groups in total. The zero-order valence-corrected chi connectivity index (χ0v) is 8.51. The molecular weight excluding hydrogens is 196 g/mol. The van der Waals surface area contributed by atoms with Crippen LogP contribution < -0.4 is 11.1 Å². The Labute approximate surface area is 87.5 Å². The molecule has 6 nitrogen and oxygen atoms in total. The third kappa shape index (κ3) is 3.17. The van der Waals surface area contributed by atoms with Gasteiger partial charge in [0.2, 0.25) is 5.91 Å². The Morgan fingerprint density at radius 1 is 1.80 bits per heavy atom. The van der Waals surface area contributed by atoms with Crippen LogP contribution in [-0.2, 0) is 23.1 Å². The van der Waals surface area contributed by atoms with Gasteiger partial charge in [-0.3, -0.25) is 4.79 Å². The van der Waals surface area contributed by atoms with Gasteiger partial charge in [0, 0.05) is 25.4 Å². The van der Waals surface area contributed by atoms with Crippen molar-refractivity contribution in [1.82, 2.24) is 14.9 Å². The average molecular weight is 210 g/mol. The number of aryl methyl sites for hydroxylation is 1. The van der Waals surface area contributed by atoms with Crippen LogP contribution in [0.15, 0.2) is 12.5 Å². The van der Waals surface area contributed by atoms with E-state index in [0.29, 0.717) is 12.7 Å². The Kier molecular flexibility index (Phi) is 3.99. The van der Waals surface area contributed by atoms with E-state index < -0.39 is 6.04 Å². The molecule has 1 heterocycles.